The van der Waals surface area contributed by atoms with Gasteiger partial charge in [0, 0.05) is 19.7 Å². The third-order valence-electron chi connectivity index (χ3n) is 4.02. The second-order valence-electron chi connectivity index (χ2n) is 8.33. The Labute approximate surface area is 347 Å². The van der Waals surface area contributed by atoms with Gasteiger partial charge in [-0.15, -0.1) is 0 Å². The van der Waals surface area contributed by atoms with Gasteiger partial charge < -0.3 is 82.1 Å². The Balaban J connectivity index is -0.0000000468. The number of aliphatic hydroxyl groups is 4. The number of aliphatic carboxylic acids is 9. The number of rotatable bonds is 16. The zero-order valence-corrected chi connectivity index (χ0v) is 33.0. The van der Waals surface area contributed by atoms with Crippen molar-refractivity contribution < 1.29 is 202 Å². The molecule has 0 heterocycles. The summed E-state index contributed by atoms with van der Waals surface area (Å²) in [6.07, 6.45) is -6.87. The van der Waals surface area contributed by atoms with E-state index in [1.807, 2.05) is 0 Å². The van der Waals surface area contributed by atoms with Gasteiger partial charge in [0.25, 0.3) is 0 Å². The van der Waals surface area contributed by atoms with Gasteiger partial charge in [-0.3, -0.25) is 28.8 Å². The zero-order chi connectivity index (χ0) is 38.1. The van der Waals surface area contributed by atoms with Crippen LogP contribution in [-0.4, -0.2) is 157 Å². The van der Waals surface area contributed by atoms with Crippen molar-refractivity contribution in [2.24, 2.45) is 11.5 Å². The van der Waals surface area contributed by atoms with Gasteiger partial charge in [-0.05, 0) is 6.92 Å². The van der Waals surface area contributed by atoms with E-state index in [4.69, 9.17) is 77.9 Å². The monoisotopic (exact) mass is 754 g/mol. The van der Waals surface area contributed by atoms with Crippen molar-refractivity contribution in [2.45, 2.75) is 62.3 Å². The van der Waals surface area contributed by atoms with Crippen LogP contribution in [0.5, 0.6) is 0 Å². The molecule has 0 amide bonds. The zero-order valence-electron chi connectivity index (χ0n) is 30.0. The van der Waals surface area contributed by atoms with Crippen LogP contribution in [0.15, 0.2) is 0 Å². The maximum Gasteiger partial charge on any atom is 1.00 e. The molecule has 24 nitrogen and oxygen atoms in total. The third-order valence-corrected chi connectivity index (χ3v) is 4.02. The van der Waals surface area contributed by atoms with Crippen molar-refractivity contribution in [3.63, 3.8) is 0 Å². The van der Waals surface area contributed by atoms with Crippen LogP contribution in [0.1, 0.15) is 49.7 Å². The van der Waals surface area contributed by atoms with E-state index < -0.39 is 109 Å². The minimum absolute atomic E-state index is 0. The van der Waals surface area contributed by atoms with Crippen LogP contribution in [0, 0.1) is 0 Å². The number of hydrogen-bond acceptors (Lipinski definition) is 15. The van der Waals surface area contributed by atoms with Gasteiger partial charge in [-0.1, -0.05) is 0 Å². The summed E-state index contributed by atoms with van der Waals surface area (Å²) < 4.78 is 0. The van der Waals surface area contributed by atoms with Gasteiger partial charge in [0.2, 0.25) is 0 Å². The molecule has 0 aromatic rings. The van der Waals surface area contributed by atoms with Gasteiger partial charge in [0.1, 0.15) is 0 Å². The summed E-state index contributed by atoms with van der Waals surface area (Å²) in [5, 5.41) is 109. The van der Waals surface area contributed by atoms with Crippen LogP contribution >= 0.6 is 0 Å². The first-order chi connectivity index (χ1) is 20.7. The number of nitrogens with two attached hydrogens (primary N) is 2. The standard InChI is InChI=1S/3C6H8O7.C2H8N2.C2H6O.3Na.3H/c3*7-3(8)1-6(13,5(11)12)2-4(9)10;3-1-2-4;1-2-3;;;;;;/h3*13H,1-2H2,(H,7,8)(H,9,10)(H,11,12);1-4H2;3H,2H2,1H3;;;;;;/q;;;;;3*+1;3*-1. The van der Waals surface area contributed by atoms with Crippen molar-refractivity contribution in [3.05, 3.63) is 0 Å². The van der Waals surface area contributed by atoms with Crippen molar-refractivity contribution >= 4 is 53.7 Å². The fraction of sp³-hybridized carbons (Fsp3) is 0.591. The molecule has 0 bridgehead atoms. The number of carboxylic acids is 9. The Hall–Kier alpha value is -2.01. The first kappa shape index (κ1) is 65.4. The minimum Gasteiger partial charge on any atom is -1.00 e. The van der Waals surface area contributed by atoms with E-state index in [2.05, 4.69) is 0 Å². The summed E-state index contributed by atoms with van der Waals surface area (Å²) in [7, 11) is 0. The molecule has 17 N–H and O–H groups in total. The molecule has 0 fully saturated rings. The van der Waals surface area contributed by atoms with Crippen LogP contribution in [-0.2, 0) is 43.2 Å². The van der Waals surface area contributed by atoms with Crippen LogP contribution in [0.25, 0.3) is 0 Å². The number of carbonyl (C=O) groups is 9. The molecule has 0 aromatic carbocycles. The predicted octanol–water partition coefficient (Wildman–Crippen LogP) is -13.5. The normalized spacial score (nSPS) is 9.61. The molecule has 0 unspecified atom stereocenters. The fourth-order valence-corrected chi connectivity index (χ4v) is 2.14. The van der Waals surface area contributed by atoms with Crippen LogP contribution in [0.2, 0.25) is 0 Å². The van der Waals surface area contributed by atoms with Crippen molar-refractivity contribution in [2.75, 3.05) is 19.7 Å². The molecule has 27 heteroatoms. The summed E-state index contributed by atoms with van der Waals surface area (Å²) in [4.78, 5) is 91.5. The average molecular weight is 755 g/mol. The van der Waals surface area contributed by atoms with Gasteiger partial charge in [-0.2, -0.15) is 0 Å². The van der Waals surface area contributed by atoms with E-state index in [0.717, 1.165) is 0 Å². The molecular formula is C22H41N2Na3O22. The Bertz CT molecular complexity index is 900. The van der Waals surface area contributed by atoms with Gasteiger partial charge in [0.05, 0.1) is 38.5 Å². The summed E-state index contributed by atoms with van der Waals surface area (Å²) in [6, 6.07) is 0. The van der Waals surface area contributed by atoms with E-state index in [0.29, 0.717) is 13.1 Å². The Morgan fingerprint density at radius 3 is 0.571 bits per heavy atom. The Kier molecular flexibility index (Phi) is 45.9. The minimum atomic E-state index is -2.74. The SMILES string of the molecule is CCO.NCCN.O=C(O)CC(O)(CC(=O)O)C(=O)O.O=C(O)CC(O)(CC(=O)O)C(=O)O.O=C(O)CC(O)(CC(=O)O)C(=O)O.[H-].[H-].[H-].[Na+].[Na+].[Na+]. The van der Waals surface area contributed by atoms with Crippen LogP contribution in [0.4, 0.5) is 0 Å². The molecule has 0 aliphatic rings. The fourth-order valence-electron chi connectivity index (χ4n) is 2.14. The molecule has 0 aliphatic carbocycles. The number of hydrogen-bond donors (Lipinski definition) is 15. The molecule has 0 aromatic heterocycles. The molecule has 0 saturated carbocycles. The van der Waals surface area contributed by atoms with Gasteiger partial charge >= 0.3 is 142 Å². The van der Waals surface area contributed by atoms with Crippen LogP contribution < -0.4 is 100 Å². The molecular weight excluding hydrogens is 713 g/mol. The maximum atomic E-state index is 10.3. The largest absolute Gasteiger partial charge is 1.00 e. The summed E-state index contributed by atoms with van der Waals surface area (Å²) in [5.41, 5.74) is 1.59. The van der Waals surface area contributed by atoms with Crippen molar-refractivity contribution in [1.29, 1.82) is 0 Å². The number of carboxylic acid groups (broad SMARTS) is 9. The van der Waals surface area contributed by atoms with E-state index in [1.54, 1.807) is 6.92 Å². The first-order valence-corrected chi connectivity index (χ1v) is 11.9. The topological polar surface area (TPSA) is 469 Å². The molecule has 49 heavy (non-hydrogen) atoms. The van der Waals surface area contributed by atoms with Crippen LogP contribution in [0.3, 0.4) is 0 Å². The van der Waals surface area contributed by atoms with E-state index in [9.17, 15) is 43.2 Å². The summed E-state index contributed by atoms with van der Waals surface area (Å²) in [6.45, 7) is 3.12. The molecule has 0 rings (SSSR count). The summed E-state index contributed by atoms with van der Waals surface area (Å²) in [5.74, 6) is -15.1. The number of aliphatic hydroxyl groups excluding tert-OH is 1. The smallest absolute Gasteiger partial charge is 1.00 e. The molecule has 0 atom stereocenters. The second kappa shape index (κ2) is 34.4. The van der Waals surface area contributed by atoms with Crippen molar-refractivity contribution in [1.82, 2.24) is 0 Å². The van der Waals surface area contributed by atoms with Gasteiger partial charge in [0.15, 0.2) is 16.8 Å². The van der Waals surface area contributed by atoms with Gasteiger partial charge in [-0.25, -0.2) is 14.4 Å². The third kappa shape index (κ3) is 40.3. The van der Waals surface area contributed by atoms with E-state index >= 15 is 0 Å². The Morgan fingerprint density at radius 2 is 0.531 bits per heavy atom. The Morgan fingerprint density at radius 1 is 0.429 bits per heavy atom. The molecule has 0 radical (unpaired) electrons. The first-order valence-electron chi connectivity index (χ1n) is 11.9. The predicted molar refractivity (Wildman–Crippen MR) is 145 cm³/mol. The quantitative estimate of drug-likeness (QED) is 0.0650. The van der Waals surface area contributed by atoms with Crippen molar-refractivity contribution in [3.8, 4) is 0 Å². The molecule has 0 saturated heterocycles. The second-order valence-corrected chi connectivity index (χ2v) is 8.33. The molecule has 0 spiro atoms. The molecule has 274 valence electrons. The maximum absolute atomic E-state index is 10.3. The molecule has 0 aliphatic heterocycles. The summed E-state index contributed by atoms with van der Waals surface area (Å²) >= 11 is 0. The average Bonchev–Trinajstić information content (AvgIpc) is 2.82. The van der Waals surface area contributed by atoms with E-state index in [-0.39, 0.29) is 99.6 Å². The van der Waals surface area contributed by atoms with E-state index in [1.165, 1.54) is 0 Å².